The van der Waals surface area contributed by atoms with E-state index in [0.717, 1.165) is 35.6 Å². The van der Waals surface area contributed by atoms with Crippen LogP contribution in [0.1, 0.15) is 37.6 Å². The van der Waals surface area contributed by atoms with Crippen molar-refractivity contribution < 1.29 is 9.59 Å². The Morgan fingerprint density at radius 3 is 2.41 bits per heavy atom. The second kappa shape index (κ2) is 8.47. The fraction of sp³-hybridized carbons (Fsp3) is 0.333. The Hall–Kier alpha value is -2.50. The van der Waals surface area contributed by atoms with Crippen LogP contribution in [-0.2, 0) is 0 Å². The molecule has 1 aliphatic heterocycles. The lowest BCUT2D eigenvalue weighted by molar-refractivity contribution is 0.0628. The molecule has 0 bridgehead atoms. The molecule has 1 fully saturated rings. The molecule has 1 aliphatic rings. The number of carbonyl (C=O) groups excluding carboxylic acids is 2. The maximum Gasteiger partial charge on any atom is 0.253 e. The molecule has 0 unspecified atom stereocenters. The smallest absolute Gasteiger partial charge is 0.253 e. The average molecular weight is 407 g/mol. The number of hydrogen-bond acceptors (Lipinski definition) is 4. The van der Waals surface area contributed by atoms with Crippen molar-refractivity contribution in [3.63, 3.8) is 0 Å². The van der Waals surface area contributed by atoms with Crippen LogP contribution in [-0.4, -0.2) is 54.2 Å². The first-order valence-corrected chi connectivity index (χ1v) is 10.9. The fourth-order valence-corrected chi connectivity index (χ4v) is 5.07. The third kappa shape index (κ3) is 4.26. The molecule has 1 amide bonds. The van der Waals surface area contributed by atoms with Gasteiger partial charge in [-0.25, -0.2) is 0 Å². The monoisotopic (exact) mass is 406 g/mol. The normalized spacial score (nSPS) is 15.0. The molecule has 0 spiro atoms. The van der Waals surface area contributed by atoms with Gasteiger partial charge >= 0.3 is 0 Å². The molecule has 1 aromatic heterocycles. The number of Topliss-reactive ketones (excluding diaryl/α,β-unsaturated/α-hetero) is 1. The summed E-state index contributed by atoms with van der Waals surface area (Å²) in [6, 6.07) is 15.8. The highest BCUT2D eigenvalue weighted by Crippen LogP contribution is 2.32. The Bertz CT molecular complexity index is 1030. The quantitative estimate of drug-likeness (QED) is 0.584. The topological polar surface area (TPSA) is 40.6 Å². The van der Waals surface area contributed by atoms with Crippen LogP contribution >= 0.6 is 11.3 Å². The number of aryl methyl sites for hydroxylation is 2. The van der Waals surface area contributed by atoms with Crippen LogP contribution in [0.15, 0.2) is 48.5 Å². The lowest BCUT2D eigenvalue weighted by Crippen LogP contribution is -2.49. The van der Waals surface area contributed by atoms with Crippen molar-refractivity contribution in [2.45, 2.75) is 20.3 Å². The summed E-state index contributed by atoms with van der Waals surface area (Å²) in [7, 11) is 0. The van der Waals surface area contributed by atoms with E-state index < -0.39 is 0 Å². The molecule has 4 rings (SSSR count). The van der Waals surface area contributed by atoms with Gasteiger partial charge in [0, 0.05) is 49.4 Å². The van der Waals surface area contributed by atoms with E-state index >= 15 is 0 Å². The van der Waals surface area contributed by atoms with E-state index in [1.165, 1.54) is 15.6 Å². The minimum atomic E-state index is 0.0949. The van der Waals surface area contributed by atoms with Crippen molar-refractivity contribution in [1.82, 2.24) is 9.80 Å². The number of piperazine rings is 1. The van der Waals surface area contributed by atoms with Crippen molar-refractivity contribution in [2.24, 2.45) is 0 Å². The molecule has 0 aliphatic carbocycles. The van der Waals surface area contributed by atoms with Crippen LogP contribution in [0.3, 0.4) is 0 Å². The third-order valence-electron chi connectivity index (χ3n) is 5.68. The first kappa shape index (κ1) is 19.8. The first-order chi connectivity index (χ1) is 14.0. The number of thiophene rings is 1. The SMILES string of the molecule is Cc1ccc2sc(C(=O)CCN3CCN(C(=O)c4ccccc4)CC3)c(C)c2c1. The average Bonchev–Trinajstić information content (AvgIpc) is 3.08. The lowest BCUT2D eigenvalue weighted by atomic mass is 10.1. The van der Waals surface area contributed by atoms with Gasteiger partial charge in [-0.1, -0.05) is 35.9 Å². The molecule has 0 atom stereocenters. The summed E-state index contributed by atoms with van der Waals surface area (Å²) in [6.07, 6.45) is 0.527. The second-order valence-electron chi connectivity index (χ2n) is 7.73. The van der Waals surface area contributed by atoms with E-state index in [2.05, 4.69) is 36.9 Å². The van der Waals surface area contributed by atoms with Crippen LogP contribution in [0, 0.1) is 13.8 Å². The molecule has 29 heavy (non-hydrogen) atoms. The standard InChI is InChI=1S/C24H26N2O2S/c1-17-8-9-22-20(16-17)18(2)23(29-22)21(27)10-11-25-12-14-26(15-13-25)24(28)19-6-4-3-5-7-19/h3-9,16H,10-15H2,1-2H3. The van der Waals surface area contributed by atoms with Gasteiger partial charge in [0.1, 0.15) is 0 Å². The number of amides is 1. The molecule has 2 heterocycles. The van der Waals surface area contributed by atoms with E-state index in [9.17, 15) is 9.59 Å². The van der Waals surface area contributed by atoms with Crippen LogP contribution in [0.2, 0.25) is 0 Å². The van der Waals surface area contributed by atoms with Gasteiger partial charge in [-0.05, 0) is 43.0 Å². The summed E-state index contributed by atoms with van der Waals surface area (Å²) >= 11 is 1.61. The number of benzene rings is 2. The van der Waals surface area contributed by atoms with Crippen molar-refractivity contribution in [1.29, 1.82) is 0 Å². The number of rotatable bonds is 5. The second-order valence-corrected chi connectivity index (χ2v) is 8.78. The van der Waals surface area contributed by atoms with Gasteiger partial charge in [-0.3, -0.25) is 14.5 Å². The van der Waals surface area contributed by atoms with E-state index in [0.29, 0.717) is 19.5 Å². The third-order valence-corrected chi connectivity index (χ3v) is 6.99. The largest absolute Gasteiger partial charge is 0.336 e. The van der Waals surface area contributed by atoms with E-state index in [4.69, 9.17) is 0 Å². The molecule has 0 radical (unpaired) electrons. The summed E-state index contributed by atoms with van der Waals surface area (Å²) in [4.78, 5) is 30.5. The zero-order valence-electron chi connectivity index (χ0n) is 17.0. The molecule has 1 saturated heterocycles. The minimum absolute atomic E-state index is 0.0949. The predicted molar refractivity (Wildman–Crippen MR) is 119 cm³/mol. The molecule has 0 saturated carbocycles. The zero-order valence-corrected chi connectivity index (χ0v) is 17.8. The summed E-state index contributed by atoms with van der Waals surface area (Å²) < 4.78 is 1.18. The number of fused-ring (bicyclic) bond motifs is 1. The lowest BCUT2D eigenvalue weighted by Gasteiger charge is -2.34. The van der Waals surface area contributed by atoms with E-state index in [1.54, 1.807) is 11.3 Å². The molecule has 150 valence electrons. The molecule has 2 aromatic carbocycles. The van der Waals surface area contributed by atoms with Crippen molar-refractivity contribution in [2.75, 3.05) is 32.7 Å². The Morgan fingerprint density at radius 2 is 1.69 bits per heavy atom. The Kier molecular flexibility index (Phi) is 5.79. The van der Waals surface area contributed by atoms with Crippen LogP contribution in [0.4, 0.5) is 0 Å². The summed E-state index contributed by atoms with van der Waals surface area (Å²) in [6.45, 7) is 7.94. The zero-order chi connectivity index (χ0) is 20.4. The van der Waals surface area contributed by atoms with Crippen LogP contribution in [0.25, 0.3) is 10.1 Å². The summed E-state index contributed by atoms with van der Waals surface area (Å²) in [5.74, 6) is 0.321. The molecule has 5 heteroatoms. The highest BCUT2D eigenvalue weighted by atomic mass is 32.1. The highest BCUT2D eigenvalue weighted by Gasteiger charge is 2.23. The maximum atomic E-state index is 12.8. The number of carbonyl (C=O) groups is 2. The summed E-state index contributed by atoms with van der Waals surface area (Å²) in [5, 5.41) is 1.20. The molecular weight excluding hydrogens is 380 g/mol. The number of hydrogen-bond donors (Lipinski definition) is 0. The van der Waals surface area contributed by atoms with Crippen molar-refractivity contribution >= 4 is 33.1 Å². The molecule has 0 N–H and O–H groups in total. The predicted octanol–water partition coefficient (Wildman–Crippen LogP) is 4.55. The van der Waals surface area contributed by atoms with Crippen LogP contribution in [0.5, 0.6) is 0 Å². The van der Waals surface area contributed by atoms with Gasteiger partial charge in [0.15, 0.2) is 5.78 Å². The van der Waals surface area contributed by atoms with Gasteiger partial charge in [0.05, 0.1) is 4.88 Å². The first-order valence-electron chi connectivity index (χ1n) is 10.1. The summed E-state index contributed by atoms with van der Waals surface area (Å²) in [5.41, 5.74) is 3.07. The van der Waals surface area contributed by atoms with Gasteiger partial charge in [0.2, 0.25) is 0 Å². The molecular formula is C24H26N2O2S. The Labute approximate surface area is 175 Å². The van der Waals surface area contributed by atoms with E-state index in [1.807, 2.05) is 35.2 Å². The van der Waals surface area contributed by atoms with Gasteiger partial charge < -0.3 is 4.90 Å². The highest BCUT2D eigenvalue weighted by molar-refractivity contribution is 7.21. The Morgan fingerprint density at radius 1 is 0.966 bits per heavy atom. The number of nitrogens with zero attached hydrogens (tertiary/aromatic N) is 2. The van der Waals surface area contributed by atoms with Crippen molar-refractivity contribution in [3.8, 4) is 0 Å². The number of ketones is 1. The van der Waals surface area contributed by atoms with Gasteiger partial charge in [0.25, 0.3) is 5.91 Å². The maximum absolute atomic E-state index is 12.8. The van der Waals surface area contributed by atoms with Crippen LogP contribution < -0.4 is 0 Å². The Balaban J connectivity index is 1.32. The minimum Gasteiger partial charge on any atom is -0.336 e. The van der Waals surface area contributed by atoms with Gasteiger partial charge in [-0.2, -0.15) is 0 Å². The molecule has 4 nitrogen and oxygen atoms in total. The van der Waals surface area contributed by atoms with Gasteiger partial charge in [-0.15, -0.1) is 11.3 Å². The fourth-order valence-electron chi connectivity index (χ4n) is 3.91. The van der Waals surface area contributed by atoms with Crippen molar-refractivity contribution in [3.05, 3.63) is 70.1 Å². The van der Waals surface area contributed by atoms with E-state index in [-0.39, 0.29) is 11.7 Å². The molecule has 3 aromatic rings.